The molecule has 4 rings (SSSR count). The molecule has 0 heterocycles. The minimum absolute atomic E-state index is 0.210. The molecule has 0 aromatic carbocycles. The molecule has 0 aromatic heterocycles. The number of hydrogen-bond acceptors (Lipinski definition) is 10. The molecule has 10 nitrogen and oxygen atoms in total. The van der Waals surface area contributed by atoms with E-state index in [9.17, 15) is 28.8 Å². The van der Waals surface area contributed by atoms with Gasteiger partial charge in [0.25, 0.3) is 11.2 Å². The van der Waals surface area contributed by atoms with Crippen LogP contribution in [0, 0.1) is 21.7 Å². The lowest BCUT2D eigenvalue weighted by Crippen LogP contribution is -2.60. The Morgan fingerprint density at radius 1 is 0.595 bits per heavy atom. The van der Waals surface area contributed by atoms with Crippen molar-refractivity contribution >= 4 is 35.4 Å². The molecule has 0 radical (unpaired) electrons. The molecule has 0 N–H and O–H groups in total. The molecular weight excluding hydrogens is 544 g/mol. The van der Waals surface area contributed by atoms with Crippen LogP contribution in [0.4, 0.5) is 0 Å². The lowest BCUT2D eigenvalue weighted by Gasteiger charge is -2.48. The molecule has 42 heavy (non-hydrogen) atoms. The summed E-state index contributed by atoms with van der Waals surface area (Å²) in [6, 6.07) is 0. The van der Waals surface area contributed by atoms with Crippen LogP contribution in [0.25, 0.3) is 0 Å². The predicted octanol–water partition coefficient (Wildman–Crippen LogP) is 4.37. The fourth-order valence-electron chi connectivity index (χ4n) is 8.03. The Hall–Kier alpha value is -3.30. The average Bonchev–Trinajstić information content (AvgIpc) is 3.25. The van der Waals surface area contributed by atoms with E-state index in [2.05, 4.69) is 0 Å². The largest absolute Gasteiger partial charge is 0.466 e. The van der Waals surface area contributed by atoms with E-state index in [0.717, 1.165) is 36.8 Å². The van der Waals surface area contributed by atoms with Gasteiger partial charge >= 0.3 is 23.9 Å². The summed E-state index contributed by atoms with van der Waals surface area (Å²) in [7, 11) is 2.41. The van der Waals surface area contributed by atoms with Crippen molar-refractivity contribution < 1.29 is 47.7 Å². The van der Waals surface area contributed by atoms with Crippen LogP contribution in [0.3, 0.4) is 0 Å². The Kier molecular flexibility index (Phi) is 8.51. The molecule has 0 amide bonds. The van der Waals surface area contributed by atoms with E-state index >= 15 is 0 Å². The van der Waals surface area contributed by atoms with Gasteiger partial charge < -0.3 is 18.9 Å². The van der Waals surface area contributed by atoms with Gasteiger partial charge in [0.2, 0.25) is 11.6 Å². The van der Waals surface area contributed by atoms with Gasteiger partial charge in [0.1, 0.15) is 0 Å². The van der Waals surface area contributed by atoms with Gasteiger partial charge in [-0.25, -0.2) is 9.59 Å². The van der Waals surface area contributed by atoms with Crippen molar-refractivity contribution in [2.24, 2.45) is 21.7 Å². The zero-order valence-electron chi connectivity index (χ0n) is 26.5. The maximum absolute atomic E-state index is 12.6. The molecule has 0 unspecified atom stereocenters. The van der Waals surface area contributed by atoms with Crippen LogP contribution in [0.15, 0.2) is 23.3 Å². The standard InChI is InChI=1S/2C16H22O5/c2*1-10(17)21-16(13(19)20-5)12(18)9-11-14(2,3)7-6-8-15(11,16)4/h2*9H,6-8H2,1-5H3/t2*15-,16+/m10/s1. The van der Waals surface area contributed by atoms with Gasteiger partial charge in [0.15, 0.2) is 0 Å². The Labute approximate surface area is 247 Å². The van der Waals surface area contributed by atoms with Gasteiger partial charge in [-0.3, -0.25) is 19.2 Å². The van der Waals surface area contributed by atoms with E-state index in [1.807, 2.05) is 41.5 Å². The molecule has 4 aliphatic carbocycles. The van der Waals surface area contributed by atoms with Crippen LogP contribution >= 0.6 is 0 Å². The Balaban J connectivity index is 0.000000230. The minimum Gasteiger partial charge on any atom is -0.466 e. The fraction of sp³-hybridized carbons (Fsp3) is 0.688. The number of esters is 4. The van der Waals surface area contributed by atoms with E-state index in [1.165, 1.54) is 40.2 Å². The number of ether oxygens (including phenoxy) is 4. The summed E-state index contributed by atoms with van der Waals surface area (Å²) in [5, 5.41) is 0. The first-order valence-electron chi connectivity index (χ1n) is 14.3. The molecule has 10 heteroatoms. The second-order valence-electron chi connectivity index (χ2n) is 13.5. The van der Waals surface area contributed by atoms with Gasteiger partial charge in [-0.2, -0.15) is 0 Å². The smallest absolute Gasteiger partial charge is 0.359 e. The lowest BCUT2D eigenvalue weighted by atomic mass is 9.57. The molecule has 232 valence electrons. The number of rotatable bonds is 4. The topological polar surface area (TPSA) is 139 Å². The summed E-state index contributed by atoms with van der Waals surface area (Å²) in [5.41, 5.74) is -4.11. The summed E-state index contributed by atoms with van der Waals surface area (Å²) in [6.45, 7) is 14.2. The predicted molar refractivity (Wildman–Crippen MR) is 151 cm³/mol. The molecule has 0 spiro atoms. The fourth-order valence-corrected chi connectivity index (χ4v) is 8.03. The second kappa shape index (κ2) is 10.8. The van der Waals surface area contributed by atoms with Crippen LogP contribution in [0.5, 0.6) is 0 Å². The van der Waals surface area contributed by atoms with E-state index in [0.29, 0.717) is 12.8 Å². The third kappa shape index (κ3) is 4.61. The quantitative estimate of drug-likeness (QED) is 0.264. The van der Waals surface area contributed by atoms with E-state index < -0.39 is 57.5 Å². The third-order valence-electron chi connectivity index (χ3n) is 9.94. The number of carbonyl (C=O) groups is 6. The van der Waals surface area contributed by atoms with Crippen LogP contribution in [0.2, 0.25) is 0 Å². The molecule has 0 bridgehead atoms. The van der Waals surface area contributed by atoms with Crippen LogP contribution < -0.4 is 0 Å². The highest BCUT2D eigenvalue weighted by Crippen LogP contribution is 2.62. The number of carbonyl (C=O) groups excluding carboxylic acids is 6. The molecule has 2 fully saturated rings. The van der Waals surface area contributed by atoms with E-state index in [-0.39, 0.29) is 10.8 Å². The molecular formula is C32H44O10. The Morgan fingerprint density at radius 2 is 0.905 bits per heavy atom. The molecule has 4 aliphatic rings. The number of ketones is 2. The normalized spacial score (nSPS) is 34.0. The number of hydrogen-bond donors (Lipinski definition) is 0. The highest BCUT2D eigenvalue weighted by Gasteiger charge is 2.71. The number of methoxy groups -OCH3 is 2. The van der Waals surface area contributed by atoms with E-state index in [4.69, 9.17) is 18.9 Å². The van der Waals surface area contributed by atoms with Crippen LogP contribution in [-0.4, -0.2) is 60.9 Å². The van der Waals surface area contributed by atoms with Gasteiger partial charge in [-0.15, -0.1) is 0 Å². The first kappa shape index (κ1) is 33.2. The SMILES string of the molecule is COC(=O)[C@@]1(OC(C)=O)C(=O)C=C2C(C)(C)CCC[C@]21C.COC(=O)[C@]1(OC(C)=O)C(=O)C=C2C(C)(C)CCC[C@@]21C. The van der Waals surface area contributed by atoms with Gasteiger partial charge in [0, 0.05) is 24.7 Å². The van der Waals surface area contributed by atoms with Crippen molar-refractivity contribution in [2.45, 2.75) is 105 Å². The summed E-state index contributed by atoms with van der Waals surface area (Å²) in [5.74, 6) is -3.89. The zero-order valence-corrected chi connectivity index (χ0v) is 26.5. The summed E-state index contributed by atoms with van der Waals surface area (Å²) in [6.07, 6.45) is 7.76. The molecule has 4 atom stereocenters. The maximum atomic E-state index is 12.6. The highest BCUT2D eigenvalue weighted by molar-refractivity contribution is 6.18. The monoisotopic (exact) mass is 588 g/mol. The van der Waals surface area contributed by atoms with Crippen LogP contribution in [0.1, 0.15) is 93.9 Å². The third-order valence-corrected chi connectivity index (χ3v) is 9.94. The first-order valence-corrected chi connectivity index (χ1v) is 14.3. The van der Waals surface area contributed by atoms with Crippen molar-refractivity contribution in [2.75, 3.05) is 14.2 Å². The summed E-state index contributed by atoms with van der Waals surface area (Å²) in [4.78, 5) is 73.2. The van der Waals surface area contributed by atoms with Crippen molar-refractivity contribution in [3.63, 3.8) is 0 Å². The van der Waals surface area contributed by atoms with Gasteiger partial charge in [-0.1, -0.05) is 54.4 Å². The number of fused-ring (bicyclic) bond motifs is 2. The Bertz CT molecular complexity index is 1190. The van der Waals surface area contributed by atoms with Crippen molar-refractivity contribution in [3.8, 4) is 0 Å². The maximum Gasteiger partial charge on any atom is 0.359 e. The van der Waals surface area contributed by atoms with Crippen molar-refractivity contribution in [1.29, 1.82) is 0 Å². The van der Waals surface area contributed by atoms with Gasteiger partial charge in [-0.05, 0) is 59.8 Å². The Morgan fingerprint density at radius 3 is 1.17 bits per heavy atom. The molecule has 0 saturated heterocycles. The van der Waals surface area contributed by atoms with Crippen LogP contribution in [-0.2, 0) is 47.7 Å². The minimum atomic E-state index is -1.87. The lowest BCUT2D eigenvalue weighted by molar-refractivity contribution is -0.194. The molecule has 2 saturated carbocycles. The summed E-state index contributed by atoms with van der Waals surface area (Å²) >= 11 is 0. The highest BCUT2D eigenvalue weighted by atomic mass is 16.6. The summed E-state index contributed by atoms with van der Waals surface area (Å²) < 4.78 is 20.3. The zero-order chi connectivity index (χ0) is 32.1. The molecule has 0 aromatic rings. The second-order valence-corrected chi connectivity index (χ2v) is 13.5. The molecule has 0 aliphatic heterocycles. The first-order chi connectivity index (χ1) is 19.2. The van der Waals surface area contributed by atoms with E-state index in [1.54, 1.807) is 0 Å². The van der Waals surface area contributed by atoms with Crippen molar-refractivity contribution in [1.82, 2.24) is 0 Å². The van der Waals surface area contributed by atoms with Gasteiger partial charge in [0.05, 0.1) is 14.2 Å². The average molecular weight is 589 g/mol. The van der Waals surface area contributed by atoms with Crippen molar-refractivity contribution in [3.05, 3.63) is 23.3 Å².